The zero-order valence-electron chi connectivity index (χ0n) is 15.0. The van der Waals surface area contributed by atoms with Crippen LogP contribution < -0.4 is 10.1 Å². The number of anilines is 1. The highest BCUT2D eigenvalue weighted by atomic mass is 16.5. The maximum absolute atomic E-state index is 11.6. The summed E-state index contributed by atoms with van der Waals surface area (Å²) in [4.78, 5) is 26.0. The number of rotatable bonds is 7. The number of hydrogen-bond acceptors (Lipinski definition) is 5. The highest BCUT2D eigenvalue weighted by Crippen LogP contribution is 2.26. The monoisotopic (exact) mass is 358 g/mol. The van der Waals surface area contributed by atoms with Crippen molar-refractivity contribution in [3.63, 3.8) is 0 Å². The molecule has 0 spiro atoms. The molecule has 7 nitrogen and oxygen atoms in total. The van der Waals surface area contributed by atoms with Gasteiger partial charge in [0.2, 0.25) is 11.8 Å². The van der Waals surface area contributed by atoms with Crippen molar-refractivity contribution in [2.24, 2.45) is 0 Å². The molecule has 0 aliphatic rings. The summed E-state index contributed by atoms with van der Waals surface area (Å²) in [6.07, 6.45) is 1.45. The Morgan fingerprint density at radius 3 is 2.31 bits per heavy atom. The molecule has 1 aromatic carbocycles. The molecule has 138 valence electrons. The number of pyridine rings is 1. The Balaban J connectivity index is 1.89. The zero-order valence-corrected chi connectivity index (χ0v) is 15.0. The van der Waals surface area contributed by atoms with Gasteiger partial charge in [-0.2, -0.15) is 0 Å². The Labute approximate surface area is 152 Å². The van der Waals surface area contributed by atoms with Crippen LogP contribution in [0.3, 0.4) is 0 Å². The van der Waals surface area contributed by atoms with E-state index in [1.54, 1.807) is 12.1 Å². The first-order valence-corrected chi connectivity index (χ1v) is 8.08. The number of carbonyl (C=O) groups excluding carboxylic acids is 1. The lowest BCUT2D eigenvalue weighted by molar-refractivity contribution is -0.143. The lowest BCUT2D eigenvalue weighted by atomic mass is 9.87. The SMILES string of the molecule is CC(C)(C)c1ccc(Oc2ccc(NC(=O)COCC(=O)O)cn2)cc1. The van der Waals surface area contributed by atoms with Crippen LogP contribution in [0.1, 0.15) is 26.3 Å². The van der Waals surface area contributed by atoms with Crippen molar-refractivity contribution in [2.45, 2.75) is 26.2 Å². The van der Waals surface area contributed by atoms with Crippen molar-refractivity contribution in [1.29, 1.82) is 0 Å². The van der Waals surface area contributed by atoms with Gasteiger partial charge in [-0.1, -0.05) is 32.9 Å². The van der Waals surface area contributed by atoms with Crippen LogP contribution in [-0.4, -0.2) is 35.2 Å². The smallest absolute Gasteiger partial charge is 0.329 e. The Morgan fingerprint density at radius 2 is 1.77 bits per heavy atom. The summed E-state index contributed by atoms with van der Waals surface area (Å²) in [5.41, 5.74) is 1.75. The average Bonchev–Trinajstić information content (AvgIpc) is 2.56. The number of ether oxygens (including phenoxy) is 2. The Hall–Kier alpha value is -2.93. The first-order valence-electron chi connectivity index (χ1n) is 8.08. The van der Waals surface area contributed by atoms with E-state index in [9.17, 15) is 9.59 Å². The second-order valence-corrected chi connectivity index (χ2v) is 6.70. The van der Waals surface area contributed by atoms with E-state index < -0.39 is 18.5 Å². The van der Waals surface area contributed by atoms with Crippen LogP contribution in [-0.2, 0) is 19.7 Å². The van der Waals surface area contributed by atoms with Gasteiger partial charge in [0.1, 0.15) is 19.0 Å². The molecular formula is C19H22N2O5. The molecule has 0 bridgehead atoms. The van der Waals surface area contributed by atoms with Crippen molar-refractivity contribution in [3.8, 4) is 11.6 Å². The molecule has 2 aromatic rings. The third-order valence-corrected chi connectivity index (χ3v) is 3.42. The Kier molecular flexibility index (Phi) is 6.30. The number of amides is 1. The topological polar surface area (TPSA) is 97.8 Å². The van der Waals surface area contributed by atoms with Crippen LogP contribution in [0.4, 0.5) is 5.69 Å². The standard InChI is InChI=1S/C19H22N2O5/c1-19(2,3)13-4-7-15(8-5-13)26-17-9-6-14(10-20-17)21-16(22)11-25-12-18(23)24/h4-10H,11-12H2,1-3H3,(H,21,22)(H,23,24). The van der Waals surface area contributed by atoms with E-state index in [0.717, 1.165) is 0 Å². The van der Waals surface area contributed by atoms with Gasteiger partial charge in [0.05, 0.1) is 11.9 Å². The van der Waals surface area contributed by atoms with Gasteiger partial charge in [0.25, 0.3) is 0 Å². The number of carboxylic acids is 1. The van der Waals surface area contributed by atoms with Crippen molar-refractivity contribution in [2.75, 3.05) is 18.5 Å². The first-order chi connectivity index (χ1) is 12.2. The highest BCUT2D eigenvalue weighted by molar-refractivity contribution is 5.91. The number of nitrogens with zero attached hydrogens (tertiary/aromatic N) is 1. The van der Waals surface area contributed by atoms with E-state index >= 15 is 0 Å². The van der Waals surface area contributed by atoms with Crippen LogP contribution in [0.5, 0.6) is 11.6 Å². The molecule has 0 fully saturated rings. The molecule has 1 heterocycles. The minimum absolute atomic E-state index is 0.0742. The van der Waals surface area contributed by atoms with Crippen LogP contribution in [0.2, 0.25) is 0 Å². The number of benzene rings is 1. The van der Waals surface area contributed by atoms with Crippen LogP contribution in [0.15, 0.2) is 42.6 Å². The van der Waals surface area contributed by atoms with Gasteiger partial charge in [0.15, 0.2) is 0 Å². The normalized spacial score (nSPS) is 11.0. The molecule has 0 aliphatic carbocycles. The number of aromatic nitrogens is 1. The summed E-state index contributed by atoms with van der Waals surface area (Å²) in [7, 11) is 0. The van der Waals surface area contributed by atoms with Crippen molar-refractivity contribution >= 4 is 17.6 Å². The molecule has 26 heavy (non-hydrogen) atoms. The van der Waals surface area contributed by atoms with Gasteiger partial charge >= 0.3 is 5.97 Å². The number of hydrogen-bond donors (Lipinski definition) is 2. The molecule has 0 saturated heterocycles. The molecule has 0 saturated carbocycles. The fourth-order valence-corrected chi connectivity index (χ4v) is 2.09. The second-order valence-electron chi connectivity index (χ2n) is 6.70. The summed E-state index contributed by atoms with van der Waals surface area (Å²) in [5.74, 6) is -0.519. The number of carbonyl (C=O) groups is 2. The summed E-state index contributed by atoms with van der Waals surface area (Å²) in [5, 5.41) is 11.0. The largest absolute Gasteiger partial charge is 0.480 e. The minimum atomic E-state index is -1.13. The molecule has 7 heteroatoms. The molecule has 2 N–H and O–H groups in total. The molecule has 0 aliphatic heterocycles. The summed E-state index contributed by atoms with van der Waals surface area (Å²) in [6, 6.07) is 11.1. The van der Waals surface area contributed by atoms with E-state index in [2.05, 4.69) is 31.1 Å². The summed E-state index contributed by atoms with van der Waals surface area (Å²) >= 11 is 0. The quantitative estimate of drug-likeness (QED) is 0.789. The molecule has 2 rings (SSSR count). The number of carboxylic acid groups (broad SMARTS) is 1. The zero-order chi connectivity index (χ0) is 19.2. The van der Waals surface area contributed by atoms with E-state index in [1.165, 1.54) is 11.8 Å². The van der Waals surface area contributed by atoms with Gasteiger partial charge in [0, 0.05) is 6.07 Å². The average molecular weight is 358 g/mol. The van der Waals surface area contributed by atoms with Crippen molar-refractivity contribution < 1.29 is 24.2 Å². The maximum Gasteiger partial charge on any atom is 0.329 e. The van der Waals surface area contributed by atoms with E-state index in [1.807, 2.05) is 24.3 Å². The van der Waals surface area contributed by atoms with Gasteiger partial charge < -0.3 is 19.9 Å². The summed E-state index contributed by atoms with van der Waals surface area (Å²) in [6.45, 7) is 5.57. The van der Waals surface area contributed by atoms with E-state index in [4.69, 9.17) is 14.6 Å². The minimum Gasteiger partial charge on any atom is -0.480 e. The molecular weight excluding hydrogens is 336 g/mol. The van der Waals surface area contributed by atoms with Crippen LogP contribution in [0, 0.1) is 0 Å². The molecule has 0 atom stereocenters. The second kappa shape index (κ2) is 8.44. The van der Waals surface area contributed by atoms with Crippen molar-refractivity contribution in [1.82, 2.24) is 4.98 Å². The molecule has 0 unspecified atom stereocenters. The molecule has 0 radical (unpaired) electrons. The predicted molar refractivity (Wildman–Crippen MR) is 96.5 cm³/mol. The van der Waals surface area contributed by atoms with E-state index in [-0.39, 0.29) is 12.0 Å². The van der Waals surface area contributed by atoms with Gasteiger partial charge in [-0.3, -0.25) is 4.79 Å². The van der Waals surface area contributed by atoms with Crippen LogP contribution in [0.25, 0.3) is 0 Å². The third-order valence-electron chi connectivity index (χ3n) is 3.42. The van der Waals surface area contributed by atoms with Crippen molar-refractivity contribution in [3.05, 3.63) is 48.2 Å². The highest BCUT2D eigenvalue weighted by Gasteiger charge is 2.13. The van der Waals surface area contributed by atoms with Gasteiger partial charge in [-0.05, 0) is 29.2 Å². The fourth-order valence-electron chi connectivity index (χ4n) is 2.09. The lowest BCUT2D eigenvalue weighted by Crippen LogP contribution is -2.20. The molecule has 1 aromatic heterocycles. The van der Waals surface area contributed by atoms with Gasteiger partial charge in [-0.25, -0.2) is 9.78 Å². The first kappa shape index (κ1) is 19.4. The summed E-state index contributed by atoms with van der Waals surface area (Å²) < 4.78 is 10.4. The Morgan fingerprint density at radius 1 is 1.08 bits per heavy atom. The van der Waals surface area contributed by atoms with E-state index in [0.29, 0.717) is 17.3 Å². The third kappa shape index (κ3) is 6.18. The lowest BCUT2D eigenvalue weighted by Gasteiger charge is -2.19. The van der Waals surface area contributed by atoms with Gasteiger partial charge in [-0.15, -0.1) is 0 Å². The number of nitrogens with one attached hydrogen (secondary N) is 1. The Bertz CT molecular complexity index is 749. The van der Waals surface area contributed by atoms with Crippen LogP contribution >= 0.6 is 0 Å². The predicted octanol–water partition coefficient (Wildman–Crippen LogP) is 3.21. The number of aliphatic carboxylic acids is 1. The fraction of sp³-hybridized carbons (Fsp3) is 0.316. The maximum atomic E-state index is 11.6. The molecule has 1 amide bonds.